The van der Waals surface area contributed by atoms with Crippen LogP contribution >= 0.6 is 34.8 Å². The van der Waals surface area contributed by atoms with Gasteiger partial charge in [0.2, 0.25) is 11.8 Å². The molecule has 0 saturated carbocycles. The summed E-state index contributed by atoms with van der Waals surface area (Å²) in [7, 11) is 0. The average molecular weight is 532 g/mol. The molecule has 0 aliphatic carbocycles. The Labute approximate surface area is 222 Å². The molecule has 1 N–H and O–H groups in total. The van der Waals surface area contributed by atoms with Crippen molar-refractivity contribution in [2.45, 2.75) is 51.7 Å². The predicted molar refractivity (Wildman–Crippen MR) is 144 cm³/mol. The summed E-state index contributed by atoms with van der Waals surface area (Å²) in [6.45, 7) is 4.12. The van der Waals surface area contributed by atoms with Crippen molar-refractivity contribution in [3.63, 3.8) is 0 Å². The van der Waals surface area contributed by atoms with Gasteiger partial charge in [-0.15, -0.1) is 0 Å². The Balaban J connectivity index is 2.00. The molecule has 0 aliphatic rings. The number of hydrogen-bond donors (Lipinski definition) is 1. The Morgan fingerprint density at radius 2 is 1.57 bits per heavy atom. The summed E-state index contributed by atoms with van der Waals surface area (Å²) >= 11 is 18.7. The molecule has 7 heteroatoms. The molecule has 3 aromatic carbocycles. The van der Waals surface area contributed by atoms with E-state index in [1.165, 1.54) is 0 Å². The van der Waals surface area contributed by atoms with Gasteiger partial charge < -0.3 is 10.2 Å². The smallest absolute Gasteiger partial charge is 0.243 e. The van der Waals surface area contributed by atoms with Gasteiger partial charge in [-0.25, -0.2) is 0 Å². The van der Waals surface area contributed by atoms with Crippen molar-refractivity contribution >= 4 is 46.6 Å². The van der Waals surface area contributed by atoms with Gasteiger partial charge in [-0.3, -0.25) is 9.59 Å². The van der Waals surface area contributed by atoms with E-state index in [1.807, 2.05) is 56.3 Å². The van der Waals surface area contributed by atoms with Crippen molar-refractivity contribution in [2.75, 3.05) is 0 Å². The highest BCUT2D eigenvalue weighted by Crippen LogP contribution is 2.25. The molecule has 0 spiro atoms. The average Bonchev–Trinajstić information content (AvgIpc) is 2.83. The minimum Gasteiger partial charge on any atom is -0.352 e. The summed E-state index contributed by atoms with van der Waals surface area (Å²) in [5.41, 5.74) is 2.44. The summed E-state index contributed by atoms with van der Waals surface area (Å²) in [5.74, 6) is -0.397. The van der Waals surface area contributed by atoms with Gasteiger partial charge in [-0.05, 0) is 54.3 Å². The van der Waals surface area contributed by atoms with Crippen LogP contribution in [0.25, 0.3) is 0 Å². The SMILES string of the molecule is CC[C@H](C)NC(=O)[C@H](Cc1ccccc1)N(Cc1ccc(Cl)cc1Cl)C(=O)Cc1cccc(Cl)c1. The quantitative estimate of drug-likeness (QED) is 0.315. The Morgan fingerprint density at radius 1 is 0.886 bits per heavy atom. The van der Waals surface area contributed by atoms with Crippen molar-refractivity contribution in [3.8, 4) is 0 Å². The summed E-state index contributed by atoms with van der Waals surface area (Å²) in [4.78, 5) is 28.9. The van der Waals surface area contributed by atoms with E-state index in [4.69, 9.17) is 34.8 Å². The van der Waals surface area contributed by atoms with Crippen molar-refractivity contribution in [3.05, 3.63) is 105 Å². The summed E-state index contributed by atoms with van der Waals surface area (Å²) in [6.07, 6.45) is 1.26. The molecule has 0 bridgehead atoms. The minimum atomic E-state index is -0.732. The predicted octanol–water partition coefficient (Wildman–Crippen LogP) is 6.74. The number of rotatable bonds is 10. The van der Waals surface area contributed by atoms with Crippen LogP contribution in [-0.4, -0.2) is 28.8 Å². The molecule has 0 radical (unpaired) electrons. The third-order valence-electron chi connectivity index (χ3n) is 5.87. The zero-order chi connectivity index (χ0) is 25.4. The lowest BCUT2D eigenvalue weighted by Crippen LogP contribution is -2.52. The normalized spacial score (nSPS) is 12.6. The number of carbonyl (C=O) groups excluding carboxylic acids is 2. The number of carbonyl (C=O) groups is 2. The lowest BCUT2D eigenvalue weighted by atomic mass is 10.0. The number of nitrogens with one attached hydrogen (secondary N) is 1. The molecule has 0 unspecified atom stereocenters. The maximum Gasteiger partial charge on any atom is 0.243 e. The fraction of sp³-hybridized carbons (Fsp3) is 0.286. The molecular formula is C28H29Cl3N2O2. The Kier molecular flexibility index (Phi) is 10.0. The number of hydrogen-bond acceptors (Lipinski definition) is 2. The first-order valence-electron chi connectivity index (χ1n) is 11.6. The zero-order valence-electron chi connectivity index (χ0n) is 19.8. The minimum absolute atomic E-state index is 0.0234. The molecule has 0 aromatic heterocycles. The summed E-state index contributed by atoms with van der Waals surface area (Å²) in [6, 6.07) is 21.3. The van der Waals surface area contributed by atoms with Crippen LogP contribution in [0.5, 0.6) is 0 Å². The maximum absolute atomic E-state index is 13.7. The van der Waals surface area contributed by atoms with Crippen LogP contribution in [0.15, 0.2) is 72.8 Å². The topological polar surface area (TPSA) is 49.4 Å². The standard InChI is InChI=1S/C28H29Cl3N2O2/c1-3-19(2)32-28(35)26(15-20-8-5-4-6-9-20)33(18-22-12-13-24(30)17-25(22)31)27(34)16-21-10-7-11-23(29)14-21/h4-14,17,19,26H,3,15-16,18H2,1-2H3,(H,32,35)/t19-,26-/m0/s1. The van der Waals surface area contributed by atoms with Gasteiger partial charge in [0, 0.05) is 34.1 Å². The van der Waals surface area contributed by atoms with Gasteiger partial charge in [0.15, 0.2) is 0 Å². The van der Waals surface area contributed by atoms with Crippen LogP contribution in [0.4, 0.5) is 0 Å². The second-order valence-electron chi connectivity index (χ2n) is 8.59. The Bertz CT molecular complexity index is 1150. The Morgan fingerprint density at radius 3 is 2.23 bits per heavy atom. The van der Waals surface area contributed by atoms with Crippen molar-refractivity contribution in [1.82, 2.24) is 10.2 Å². The first-order chi connectivity index (χ1) is 16.8. The highest BCUT2D eigenvalue weighted by Gasteiger charge is 2.31. The fourth-order valence-corrected chi connectivity index (χ4v) is 4.43. The number of amides is 2. The largest absolute Gasteiger partial charge is 0.352 e. The third-order valence-corrected chi connectivity index (χ3v) is 6.69. The molecule has 2 atom stereocenters. The zero-order valence-corrected chi connectivity index (χ0v) is 22.1. The van der Waals surface area contributed by atoms with Gasteiger partial charge in [-0.2, -0.15) is 0 Å². The van der Waals surface area contributed by atoms with Gasteiger partial charge >= 0.3 is 0 Å². The van der Waals surface area contributed by atoms with E-state index in [-0.39, 0.29) is 30.8 Å². The second-order valence-corrected chi connectivity index (χ2v) is 9.87. The molecule has 3 rings (SSSR count). The van der Waals surface area contributed by atoms with Crippen LogP contribution in [0.1, 0.15) is 37.0 Å². The van der Waals surface area contributed by atoms with E-state index in [0.717, 1.165) is 17.5 Å². The van der Waals surface area contributed by atoms with E-state index in [9.17, 15) is 9.59 Å². The van der Waals surface area contributed by atoms with Gasteiger partial charge in [-0.1, -0.05) is 90.3 Å². The molecule has 184 valence electrons. The second kappa shape index (κ2) is 13.0. The van der Waals surface area contributed by atoms with Crippen LogP contribution in [0.3, 0.4) is 0 Å². The lowest BCUT2D eigenvalue weighted by Gasteiger charge is -2.32. The van der Waals surface area contributed by atoms with Crippen molar-refractivity contribution in [2.24, 2.45) is 0 Å². The van der Waals surface area contributed by atoms with Gasteiger partial charge in [0.1, 0.15) is 6.04 Å². The first-order valence-corrected chi connectivity index (χ1v) is 12.7. The molecule has 0 fully saturated rings. The van der Waals surface area contributed by atoms with E-state index >= 15 is 0 Å². The summed E-state index contributed by atoms with van der Waals surface area (Å²) in [5, 5.41) is 4.56. The molecule has 0 aliphatic heterocycles. The molecular weight excluding hydrogens is 503 g/mol. The summed E-state index contributed by atoms with van der Waals surface area (Å²) < 4.78 is 0. The highest BCUT2D eigenvalue weighted by atomic mass is 35.5. The fourth-order valence-electron chi connectivity index (χ4n) is 3.75. The van der Waals surface area contributed by atoms with Crippen LogP contribution in [0, 0.1) is 0 Å². The molecule has 35 heavy (non-hydrogen) atoms. The van der Waals surface area contributed by atoms with E-state index in [0.29, 0.717) is 27.1 Å². The van der Waals surface area contributed by atoms with Crippen LogP contribution < -0.4 is 5.32 Å². The molecule has 0 heterocycles. The molecule has 4 nitrogen and oxygen atoms in total. The van der Waals surface area contributed by atoms with E-state index < -0.39 is 6.04 Å². The van der Waals surface area contributed by atoms with Crippen LogP contribution in [-0.2, 0) is 29.0 Å². The third kappa shape index (κ3) is 7.99. The Hall–Kier alpha value is -2.53. The van der Waals surface area contributed by atoms with E-state index in [1.54, 1.807) is 35.2 Å². The number of benzene rings is 3. The lowest BCUT2D eigenvalue weighted by molar-refractivity contribution is -0.141. The number of nitrogens with zero attached hydrogens (tertiary/aromatic N) is 1. The highest BCUT2D eigenvalue weighted by molar-refractivity contribution is 6.35. The number of halogens is 3. The molecule has 0 saturated heterocycles. The molecule has 2 amide bonds. The first kappa shape index (κ1) is 27.1. The van der Waals surface area contributed by atoms with E-state index in [2.05, 4.69) is 5.32 Å². The maximum atomic E-state index is 13.7. The van der Waals surface area contributed by atoms with Gasteiger partial charge in [0.25, 0.3) is 0 Å². The van der Waals surface area contributed by atoms with Crippen LogP contribution in [0.2, 0.25) is 15.1 Å². The molecule has 3 aromatic rings. The van der Waals surface area contributed by atoms with Gasteiger partial charge in [0.05, 0.1) is 6.42 Å². The van der Waals surface area contributed by atoms with Crippen molar-refractivity contribution < 1.29 is 9.59 Å². The van der Waals surface area contributed by atoms with Crippen molar-refractivity contribution in [1.29, 1.82) is 0 Å². The monoisotopic (exact) mass is 530 g/mol.